The van der Waals surface area contributed by atoms with Gasteiger partial charge in [0.05, 0.1) is 5.60 Å². The fourth-order valence-electron chi connectivity index (χ4n) is 1.92. The Labute approximate surface area is 94.7 Å². The summed E-state index contributed by atoms with van der Waals surface area (Å²) in [6.07, 6.45) is 9.64. The monoisotopic (exact) mass is 216 g/mol. The fourth-order valence-corrected chi connectivity index (χ4v) is 1.92. The number of aliphatic hydroxyl groups excluding tert-OH is 1. The third-order valence-electron chi connectivity index (χ3n) is 3.23. The normalized spacial score (nSPS) is 15.2. The molecular formula is C13H28O2. The van der Waals surface area contributed by atoms with Crippen LogP contribution in [0.2, 0.25) is 0 Å². The first-order valence-corrected chi connectivity index (χ1v) is 6.51. The van der Waals surface area contributed by atoms with Crippen LogP contribution in [-0.4, -0.2) is 22.4 Å². The molecule has 0 spiro atoms. The van der Waals surface area contributed by atoms with Gasteiger partial charge < -0.3 is 10.2 Å². The van der Waals surface area contributed by atoms with Gasteiger partial charge in [-0.25, -0.2) is 0 Å². The van der Waals surface area contributed by atoms with Crippen LogP contribution in [0.5, 0.6) is 0 Å². The minimum Gasteiger partial charge on any atom is -0.396 e. The number of aliphatic hydroxyl groups is 2. The Morgan fingerprint density at radius 1 is 0.867 bits per heavy atom. The zero-order valence-electron chi connectivity index (χ0n) is 10.5. The second-order valence-corrected chi connectivity index (χ2v) is 4.57. The van der Waals surface area contributed by atoms with E-state index in [1.807, 2.05) is 6.92 Å². The molecule has 2 N–H and O–H groups in total. The number of hydrogen-bond acceptors (Lipinski definition) is 2. The summed E-state index contributed by atoms with van der Waals surface area (Å²) in [5, 5.41) is 18.9. The highest BCUT2D eigenvalue weighted by atomic mass is 16.3. The van der Waals surface area contributed by atoms with Crippen LogP contribution in [0.3, 0.4) is 0 Å². The molecule has 0 saturated heterocycles. The molecule has 15 heavy (non-hydrogen) atoms. The average molecular weight is 216 g/mol. The van der Waals surface area contributed by atoms with Crippen molar-refractivity contribution in [3.63, 3.8) is 0 Å². The summed E-state index contributed by atoms with van der Waals surface area (Å²) in [6.45, 7) is 4.31. The van der Waals surface area contributed by atoms with Crippen molar-refractivity contribution in [2.45, 2.75) is 77.2 Å². The van der Waals surface area contributed by atoms with Crippen molar-refractivity contribution in [3.8, 4) is 0 Å². The van der Waals surface area contributed by atoms with Gasteiger partial charge in [0.15, 0.2) is 0 Å². The lowest BCUT2D eigenvalue weighted by Gasteiger charge is -2.25. The van der Waals surface area contributed by atoms with Gasteiger partial charge in [-0.05, 0) is 19.3 Å². The Morgan fingerprint density at radius 3 is 2.00 bits per heavy atom. The van der Waals surface area contributed by atoms with Crippen LogP contribution < -0.4 is 0 Å². The van der Waals surface area contributed by atoms with Crippen molar-refractivity contribution < 1.29 is 10.2 Å². The molecule has 0 rings (SSSR count). The van der Waals surface area contributed by atoms with E-state index in [1.54, 1.807) is 0 Å². The number of rotatable bonds is 10. The maximum atomic E-state index is 10.1. The van der Waals surface area contributed by atoms with Gasteiger partial charge in [0.1, 0.15) is 0 Å². The van der Waals surface area contributed by atoms with E-state index in [2.05, 4.69) is 6.92 Å². The Morgan fingerprint density at radius 2 is 1.47 bits per heavy atom. The van der Waals surface area contributed by atoms with Gasteiger partial charge in [-0.15, -0.1) is 0 Å². The van der Waals surface area contributed by atoms with Crippen molar-refractivity contribution in [2.75, 3.05) is 6.61 Å². The largest absolute Gasteiger partial charge is 0.396 e. The minimum absolute atomic E-state index is 0.0974. The van der Waals surface area contributed by atoms with Gasteiger partial charge in [-0.3, -0.25) is 0 Å². The predicted molar refractivity (Wildman–Crippen MR) is 64.9 cm³/mol. The summed E-state index contributed by atoms with van der Waals surface area (Å²) in [4.78, 5) is 0. The molecule has 0 amide bonds. The highest BCUT2D eigenvalue weighted by Crippen LogP contribution is 2.22. The van der Waals surface area contributed by atoms with Gasteiger partial charge in [-0.2, -0.15) is 0 Å². The second kappa shape index (κ2) is 9.17. The molecule has 0 heterocycles. The van der Waals surface area contributed by atoms with E-state index in [0.29, 0.717) is 6.42 Å². The fraction of sp³-hybridized carbons (Fsp3) is 1.00. The summed E-state index contributed by atoms with van der Waals surface area (Å²) in [5.74, 6) is 0. The highest BCUT2D eigenvalue weighted by Gasteiger charge is 2.22. The molecule has 2 nitrogen and oxygen atoms in total. The molecule has 1 unspecified atom stereocenters. The minimum atomic E-state index is -0.612. The molecule has 0 aromatic carbocycles. The summed E-state index contributed by atoms with van der Waals surface area (Å²) >= 11 is 0. The van der Waals surface area contributed by atoms with Crippen molar-refractivity contribution in [2.24, 2.45) is 0 Å². The molecule has 0 aliphatic rings. The van der Waals surface area contributed by atoms with Gasteiger partial charge in [-0.1, -0.05) is 52.4 Å². The molecule has 0 aromatic rings. The third-order valence-corrected chi connectivity index (χ3v) is 3.23. The van der Waals surface area contributed by atoms with E-state index < -0.39 is 5.60 Å². The molecule has 0 aliphatic carbocycles. The molecule has 0 radical (unpaired) electrons. The summed E-state index contributed by atoms with van der Waals surface area (Å²) in [7, 11) is 0. The first-order chi connectivity index (χ1) is 7.18. The van der Waals surface area contributed by atoms with Crippen LogP contribution in [0.4, 0.5) is 0 Å². The lowest BCUT2D eigenvalue weighted by atomic mass is 9.90. The Bertz CT molecular complexity index is 136. The van der Waals surface area contributed by atoms with E-state index in [1.165, 1.54) is 32.1 Å². The van der Waals surface area contributed by atoms with E-state index in [9.17, 15) is 5.11 Å². The summed E-state index contributed by atoms with van der Waals surface area (Å²) < 4.78 is 0. The first kappa shape index (κ1) is 14.9. The molecule has 92 valence electrons. The van der Waals surface area contributed by atoms with E-state index in [4.69, 9.17) is 5.11 Å². The van der Waals surface area contributed by atoms with Crippen LogP contribution in [-0.2, 0) is 0 Å². The molecular weight excluding hydrogens is 188 g/mol. The van der Waals surface area contributed by atoms with E-state index in [-0.39, 0.29) is 6.61 Å². The molecule has 0 aliphatic heterocycles. The molecule has 0 aromatic heterocycles. The standard InChI is InChI=1S/C13H28O2/c1-3-5-6-7-8-9-10-13(15,4-2)11-12-14/h14-15H,3-12H2,1-2H3. The highest BCUT2D eigenvalue weighted by molar-refractivity contribution is 4.76. The van der Waals surface area contributed by atoms with Crippen LogP contribution >= 0.6 is 0 Å². The number of hydrogen-bond donors (Lipinski definition) is 2. The zero-order chi connectivity index (χ0) is 11.6. The topological polar surface area (TPSA) is 40.5 Å². The maximum Gasteiger partial charge on any atom is 0.0667 e. The molecule has 1 atom stereocenters. The summed E-state index contributed by atoms with van der Waals surface area (Å²) in [6, 6.07) is 0. The van der Waals surface area contributed by atoms with Gasteiger partial charge in [0.25, 0.3) is 0 Å². The van der Waals surface area contributed by atoms with Crippen LogP contribution in [0, 0.1) is 0 Å². The van der Waals surface area contributed by atoms with Crippen LogP contribution in [0.15, 0.2) is 0 Å². The van der Waals surface area contributed by atoms with Gasteiger partial charge >= 0.3 is 0 Å². The molecule has 0 fully saturated rings. The average Bonchev–Trinajstić information content (AvgIpc) is 2.24. The lowest BCUT2D eigenvalue weighted by molar-refractivity contribution is 0.00224. The predicted octanol–water partition coefficient (Wildman–Crippen LogP) is 3.26. The zero-order valence-corrected chi connectivity index (χ0v) is 10.5. The van der Waals surface area contributed by atoms with Crippen molar-refractivity contribution >= 4 is 0 Å². The van der Waals surface area contributed by atoms with Crippen LogP contribution in [0.25, 0.3) is 0 Å². The van der Waals surface area contributed by atoms with E-state index >= 15 is 0 Å². The molecule has 2 heteroatoms. The Kier molecular flexibility index (Phi) is 9.12. The second-order valence-electron chi connectivity index (χ2n) is 4.57. The SMILES string of the molecule is CCCCCCCCC(O)(CC)CCO. The van der Waals surface area contributed by atoms with Crippen molar-refractivity contribution in [1.82, 2.24) is 0 Å². The first-order valence-electron chi connectivity index (χ1n) is 6.51. The van der Waals surface area contributed by atoms with Crippen molar-refractivity contribution in [1.29, 1.82) is 0 Å². The third kappa shape index (κ3) is 7.80. The van der Waals surface area contributed by atoms with Gasteiger partial charge in [0.2, 0.25) is 0 Å². The summed E-state index contributed by atoms with van der Waals surface area (Å²) in [5.41, 5.74) is -0.612. The Balaban J connectivity index is 3.46. The number of unbranched alkanes of at least 4 members (excludes halogenated alkanes) is 5. The van der Waals surface area contributed by atoms with E-state index in [0.717, 1.165) is 19.3 Å². The lowest BCUT2D eigenvalue weighted by Crippen LogP contribution is -2.28. The molecule has 0 saturated carbocycles. The van der Waals surface area contributed by atoms with Crippen molar-refractivity contribution in [3.05, 3.63) is 0 Å². The smallest absolute Gasteiger partial charge is 0.0667 e. The van der Waals surface area contributed by atoms with Crippen LogP contribution in [0.1, 0.15) is 71.6 Å². The quantitative estimate of drug-likeness (QED) is 0.550. The van der Waals surface area contributed by atoms with Gasteiger partial charge in [0, 0.05) is 6.61 Å². The Hall–Kier alpha value is -0.0800. The maximum absolute atomic E-state index is 10.1. The molecule has 0 bridgehead atoms.